The highest BCUT2D eigenvalue weighted by Gasteiger charge is 2.12. The molecule has 1 aromatic heterocycles. The van der Waals surface area contributed by atoms with Gasteiger partial charge in [-0.15, -0.1) is 10.2 Å². The number of benzene rings is 2. The summed E-state index contributed by atoms with van der Waals surface area (Å²) in [6.45, 7) is 4.97. The second-order valence-electron chi connectivity index (χ2n) is 6.59. The normalized spacial score (nSPS) is 10.5. The summed E-state index contributed by atoms with van der Waals surface area (Å²) in [6.07, 6.45) is 0. The summed E-state index contributed by atoms with van der Waals surface area (Å²) in [4.78, 5) is 20.4. The van der Waals surface area contributed by atoms with Crippen LogP contribution in [0.5, 0.6) is 0 Å². The Morgan fingerprint density at radius 2 is 1.94 bits per heavy atom. The van der Waals surface area contributed by atoms with Crippen LogP contribution in [-0.4, -0.2) is 22.4 Å². The van der Waals surface area contributed by atoms with Gasteiger partial charge in [0.25, 0.3) is 0 Å². The number of rotatable bonds is 7. The van der Waals surface area contributed by atoms with E-state index >= 15 is 0 Å². The summed E-state index contributed by atoms with van der Waals surface area (Å²) in [5.41, 5.74) is 2.98. The maximum atomic E-state index is 11.7. The third-order valence-corrected chi connectivity index (χ3v) is 4.42. The first-order valence-corrected chi connectivity index (χ1v) is 9.56. The van der Waals surface area contributed by atoms with Gasteiger partial charge in [0.15, 0.2) is 11.4 Å². The number of hydrogen-bond acceptors (Lipinski definition) is 7. The molecule has 2 aromatic carbocycles. The van der Waals surface area contributed by atoms with E-state index in [1.165, 1.54) is 12.5 Å². The summed E-state index contributed by atoms with van der Waals surface area (Å²) < 4.78 is 0. The molecule has 1 amide bonds. The lowest BCUT2D eigenvalue weighted by Gasteiger charge is -2.24. The molecule has 0 aliphatic heterocycles. The lowest BCUT2D eigenvalue weighted by atomic mass is 10.1. The summed E-state index contributed by atoms with van der Waals surface area (Å²) in [6, 6.07) is 19.3. The van der Waals surface area contributed by atoms with Crippen LogP contribution in [0.2, 0.25) is 0 Å². The number of nitrogens with zero attached hydrogens (tertiary/aromatic N) is 6. The number of aromatic amines is 1. The summed E-state index contributed by atoms with van der Waals surface area (Å²) in [5, 5.41) is 28.9. The molecule has 0 unspecified atom stereocenters. The number of carbonyl (C=O) groups excluding carboxylic acids is 1. The SMILES string of the molecule is CCN(Cc1ccccc1)c1ccc(N=Nc2nc(C#N)c(C#N)[nH]2)c(NC(C)=O)c1. The standard InChI is InChI=1S/C22H20N8O/c1-3-30(14-16-7-5-4-6-8-16)17-9-10-18(19(11-17)25-15(2)31)28-29-22-26-20(12-23)21(13-24)27-22/h4-11H,3,14H2,1-2H3,(H,25,31)(H,26,27). The Morgan fingerprint density at radius 1 is 1.16 bits per heavy atom. The molecule has 0 bridgehead atoms. The molecule has 31 heavy (non-hydrogen) atoms. The van der Waals surface area contributed by atoms with Crippen molar-refractivity contribution in [2.24, 2.45) is 10.2 Å². The molecule has 0 saturated carbocycles. The molecule has 0 aliphatic rings. The number of amides is 1. The van der Waals surface area contributed by atoms with E-state index in [0.717, 1.165) is 18.8 Å². The molecular formula is C22H20N8O. The number of imidazole rings is 1. The topological polar surface area (TPSA) is 133 Å². The minimum Gasteiger partial charge on any atom is -0.367 e. The van der Waals surface area contributed by atoms with Crippen LogP contribution in [-0.2, 0) is 11.3 Å². The molecule has 3 rings (SSSR count). The molecule has 9 heteroatoms. The van der Waals surface area contributed by atoms with Crippen molar-refractivity contribution in [2.75, 3.05) is 16.8 Å². The van der Waals surface area contributed by atoms with Crippen molar-refractivity contribution in [2.45, 2.75) is 20.4 Å². The van der Waals surface area contributed by atoms with Gasteiger partial charge in [-0.3, -0.25) is 4.79 Å². The van der Waals surface area contributed by atoms with Crippen LogP contribution in [0.3, 0.4) is 0 Å². The fraction of sp³-hybridized carbons (Fsp3) is 0.182. The van der Waals surface area contributed by atoms with Crippen LogP contribution < -0.4 is 10.2 Å². The summed E-state index contributed by atoms with van der Waals surface area (Å²) in [5.74, 6) is -0.207. The molecule has 3 aromatic rings. The number of anilines is 2. The van der Waals surface area contributed by atoms with Crippen LogP contribution in [0.1, 0.15) is 30.8 Å². The molecule has 1 heterocycles. The summed E-state index contributed by atoms with van der Waals surface area (Å²) in [7, 11) is 0. The third-order valence-electron chi connectivity index (χ3n) is 4.42. The molecule has 0 atom stereocenters. The average Bonchev–Trinajstić information content (AvgIpc) is 3.19. The van der Waals surface area contributed by atoms with Crippen molar-refractivity contribution in [3.05, 3.63) is 65.5 Å². The van der Waals surface area contributed by atoms with Crippen molar-refractivity contribution in [1.29, 1.82) is 10.5 Å². The van der Waals surface area contributed by atoms with E-state index < -0.39 is 0 Å². The molecule has 9 nitrogen and oxygen atoms in total. The molecule has 0 radical (unpaired) electrons. The first-order valence-electron chi connectivity index (χ1n) is 9.56. The predicted molar refractivity (Wildman–Crippen MR) is 116 cm³/mol. The highest BCUT2D eigenvalue weighted by atomic mass is 16.1. The molecule has 0 saturated heterocycles. The zero-order valence-corrected chi connectivity index (χ0v) is 17.1. The van der Waals surface area contributed by atoms with Crippen molar-refractivity contribution >= 4 is 28.9 Å². The van der Waals surface area contributed by atoms with Crippen LogP contribution in [0.4, 0.5) is 23.0 Å². The Kier molecular flexibility index (Phi) is 6.71. The fourth-order valence-corrected chi connectivity index (χ4v) is 2.96. The van der Waals surface area contributed by atoms with Gasteiger partial charge in [-0.05, 0) is 30.7 Å². The monoisotopic (exact) mass is 412 g/mol. The molecule has 154 valence electrons. The fourth-order valence-electron chi connectivity index (χ4n) is 2.96. The third kappa shape index (κ3) is 5.31. The Bertz CT molecular complexity index is 1150. The number of hydrogen-bond donors (Lipinski definition) is 2. The number of H-pyrrole nitrogens is 1. The lowest BCUT2D eigenvalue weighted by molar-refractivity contribution is -0.114. The van der Waals surface area contributed by atoms with Crippen LogP contribution >= 0.6 is 0 Å². The first-order chi connectivity index (χ1) is 15.0. The summed E-state index contributed by atoms with van der Waals surface area (Å²) >= 11 is 0. The van der Waals surface area contributed by atoms with Gasteiger partial charge in [0.05, 0.1) is 5.69 Å². The Hall–Kier alpha value is -4.50. The Morgan fingerprint density at radius 3 is 2.55 bits per heavy atom. The molecule has 2 N–H and O–H groups in total. The Labute approximate surface area is 179 Å². The lowest BCUT2D eigenvalue weighted by Crippen LogP contribution is -2.22. The number of carbonyl (C=O) groups is 1. The zero-order valence-electron chi connectivity index (χ0n) is 17.1. The van der Waals surface area contributed by atoms with E-state index in [0.29, 0.717) is 11.4 Å². The number of nitriles is 2. The second kappa shape index (κ2) is 9.81. The van der Waals surface area contributed by atoms with Gasteiger partial charge in [0.2, 0.25) is 11.9 Å². The van der Waals surface area contributed by atoms with Crippen molar-refractivity contribution in [1.82, 2.24) is 9.97 Å². The second-order valence-corrected chi connectivity index (χ2v) is 6.59. The van der Waals surface area contributed by atoms with Crippen LogP contribution in [0, 0.1) is 22.7 Å². The molecular weight excluding hydrogens is 392 g/mol. The minimum absolute atomic E-state index is 0.0216. The van der Waals surface area contributed by atoms with E-state index in [1.807, 2.05) is 42.5 Å². The Balaban J connectivity index is 1.90. The quantitative estimate of drug-likeness (QED) is 0.549. The maximum absolute atomic E-state index is 11.7. The largest absolute Gasteiger partial charge is 0.367 e. The van der Waals surface area contributed by atoms with Gasteiger partial charge in [-0.2, -0.15) is 15.5 Å². The van der Waals surface area contributed by atoms with Crippen molar-refractivity contribution in [3.63, 3.8) is 0 Å². The first kappa shape index (κ1) is 21.2. The van der Waals surface area contributed by atoms with E-state index in [1.54, 1.807) is 6.07 Å². The van der Waals surface area contributed by atoms with Gasteiger partial charge < -0.3 is 15.2 Å². The van der Waals surface area contributed by atoms with Gasteiger partial charge in [0, 0.05) is 25.7 Å². The minimum atomic E-state index is -0.240. The van der Waals surface area contributed by atoms with Crippen LogP contribution in [0.15, 0.2) is 58.8 Å². The highest BCUT2D eigenvalue weighted by Crippen LogP contribution is 2.32. The van der Waals surface area contributed by atoms with E-state index in [-0.39, 0.29) is 23.2 Å². The van der Waals surface area contributed by atoms with E-state index in [4.69, 9.17) is 10.5 Å². The number of azo groups is 1. The van der Waals surface area contributed by atoms with Crippen molar-refractivity contribution in [3.8, 4) is 12.1 Å². The maximum Gasteiger partial charge on any atom is 0.249 e. The number of aromatic nitrogens is 2. The van der Waals surface area contributed by atoms with Gasteiger partial charge in [-0.25, -0.2) is 0 Å². The van der Waals surface area contributed by atoms with E-state index in [2.05, 4.69) is 49.5 Å². The van der Waals surface area contributed by atoms with Crippen molar-refractivity contribution < 1.29 is 4.79 Å². The van der Waals surface area contributed by atoms with E-state index in [9.17, 15) is 4.79 Å². The van der Waals surface area contributed by atoms with Crippen LogP contribution in [0.25, 0.3) is 0 Å². The molecule has 0 spiro atoms. The van der Waals surface area contributed by atoms with Gasteiger partial charge >= 0.3 is 0 Å². The highest BCUT2D eigenvalue weighted by molar-refractivity contribution is 5.93. The predicted octanol–water partition coefficient (Wildman–Crippen LogP) is 4.55. The number of nitrogens with one attached hydrogen (secondary N) is 2. The van der Waals surface area contributed by atoms with Gasteiger partial charge in [0.1, 0.15) is 17.8 Å². The average molecular weight is 412 g/mol. The zero-order chi connectivity index (χ0) is 22.2. The smallest absolute Gasteiger partial charge is 0.249 e. The molecule has 0 fully saturated rings. The van der Waals surface area contributed by atoms with Gasteiger partial charge in [-0.1, -0.05) is 30.3 Å². The molecule has 0 aliphatic carbocycles.